The second kappa shape index (κ2) is 6.73. The second-order valence-corrected chi connectivity index (χ2v) is 7.09. The maximum atomic E-state index is 12.8. The molecule has 0 spiro atoms. The third kappa shape index (κ3) is 3.21. The molecule has 1 unspecified atom stereocenters. The average molecular weight is 425 g/mol. The summed E-state index contributed by atoms with van der Waals surface area (Å²) in [6.45, 7) is 0. The molecule has 1 aliphatic heterocycles. The summed E-state index contributed by atoms with van der Waals surface area (Å²) in [5, 5.41) is 2.31. The maximum Gasteiger partial charge on any atom is 0.431 e. The fourth-order valence-electron chi connectivity index (χ4n) is 3.69. The first-order valence-electron chi connectivity index (χ1n) is 9.24. The van der Waals surface area contributed by atoms with Crippen LogP contribution in [0.25, 0.3) is 22.2 Å². The van der Waals surface area contributed by atoms with Crippen molar-refractivity contribution in [1.82, 2.24) is 20.3 Å². The molecular weight excluding hydrogens is 411 g/mol. The first-order chi connectivity index (χ1) is 14.8. The number of halogens is 3. The molecule has 156 valence electrons. The Morgan fingerprint density at radius 1 is 0.935 bits per heavy atom. The van der Waals surface area contributed by atoms with E-state index in [-0.39, 0.29) is 0 Å². The topological polar surface area (TPSA) is 93.9 Å². The van der Waals surface area contributed by atoms with E-state index < -0.39 is 29.9 Å². The number of benzene rings is 2. The van der Waals surface area contributed by atoms with Gasteiger partial charge in [0.05, 0.1) is 17.4 Å². The number of nitrogens with zero attached hydrogens (tertiary/aromatic N) is 2. The number of fused-ring (bicyclic) bond motifs is 1. The van der Waals surface area contributed by atoms with E-state index in [0.717, 1.165) is 11.6 Å². The molecule has 0 bridgehead atoms. The highest BCUT2D eigenvalue weighted by Crippen LogP contribution is 2.35. The fourth-order valence-corrected chi connectivity index (χ4v) is 3.69. The Morgan fingerprint density at radius 3 is 2.42 bits per heavy atom. The Balaban J connectivity index is 1.48. The van der Waals surface area contributed by atoms with Crippen LogP contribution in [0.3, 0.4) is 0 Å². The van der Waals surface area contributed by atoms with Crippen molar-refractivity contribution in [2.24, 2.45) is 0 Å². The molecule has 1 saturated heterocycles. The summed E-state index contributed by atoms with van der Waals surface area (Å²) < 4.78 is 38.5. The van der Waals surface area contributed by atoms with Crippen LogP contribution in [0.5, 0.6) is 0 Å². The van der Waals surface area contributed by atoms with Crippen LogP contribution in [0.2, 0.25) is 0 Å². The SMILES string of the molecule is O=C1NC(=O)N(c2ccc3[nH]cnc3c2)C1c1ccc(-c2c[nH]c(C(F)(F)F)c2)cc1. The number of hydrogen-bond acceptors (Lipinski definition) is 3. The predicted molar refractivity (Wildman–Crippen MR) is 106 cm³/mol. The smallest absolute Gasteiger partial charge is 0.357 e. The van der Waals surface area contributed by atoms with E-state index in [9.17, 15) is 22.8 Å². The molecule has 10 heteroatoms. The Morgan fingerprint density at radius 2 is 1.71 bits per heavy atom. The average Bonchev–Trinajstić information content (AvgIpc) is 3.45. The molecular formula is C21H14F3N5O2. The van der Waals surface area contributed by atoms with Gasteiger partial charge in [0, 0.05) is 11.9 Å². The second-order valence-electron chi connectivity index (χ2n) is 7.09. The van der Waals surface area contributed by atoms with E-state index in [2.05, 4.69) is 20.3 Å². The fraction of sp³-hybridized carbons (Fsp3) is 0.0952. The van der Waals surface area contributed by atoms with Gasteiger partial charge in [-0.1, -0.05) is 24.3 Å². The van der Waals surface area contributed by atoms with Crippen molar-refractivity contribution in [3.05, 3.63) is 72.3 Å². The van der Waals surface area contributed by atoms with Gasteiger partial charge in [0.2, 0.25) is 0 Å². The quantitative estimate of drug-likeness (QED) is 0.426. The molecule has 0 radical (unpaired) electrons. The van der Waals surface area contributed by atoms with E-state index >= 15 is 0 Å². The van der Waals surface area contributed by atoms with Gasteiger partial charge in [0.15, 0.2) is 0 Å². The summed E-state index contributed by atoms with van der Waals surface area (Å²) >= 11 is 0. The highest BCUT2D eigenvalue weighted by Gasteiger charge is 2.40. The van der Waals surface area contributed by atoms with Gasteiger partial charge >= 0.3 is 12.2 Å². The van der Waals surface area contributed by atoms with E-state index in [4.69, 9.17) is 0 Å². The van der Waals surface area contributed by atoms with E-state index in [1.165, 1.54) is 17.4 Å². The number of hydrogen-bond donors (Lipinski definition) is 3. The van der Waals surface area contributed by atoms with Crippen LogP contribution < -0.4 is 10.2 Å². The molecule has 3 heterocycles. The van der Waals surface area contributed by atoms with Crippen molar-refractivity contribution in [3.63, 3.8) is 0 Å². The van der Waals surface area contributed by atoms with Crippen molar-refractivity contribution in [2.75, 3.05) is 4.90 Å². The zero-order chi connectivity index (χ0) is 21.8. The number of imidazole rings is 1. The molecule has 1 atom stereocenters. The Hall–Kier alpha value is -4.08. The molecule has 0 saturated carbocycles. The molecule has 2 aromatic heterocycles. The van der Waals surface area contributed by atoms with Crippen LogP contribution in [0.15, 0.2) is 61.1 Å². The van der Waals surface area contributed by atoms with Crippen LogP contribution in [-0.2, 0) is 11.0 Å². The maximum absolute atomic E-state index is 12.8. The molecule has 7 nitrogen and oxygen atoms in total. The van der Waals surface area contributed by atoms with Gasteiger partial charge in [-0.05, 0) is 41.0 Å². The minimum atomic E-state index is -4.46. The zero-order valence-corrected chi connectivity index (χ0v) is 15.7. The summed E-state index contributed by atoms with van der Waals surface area (Å²) in [6, 6.07) is 11.2. The summed E-state index contributed by atoms with van der Waals surface area (Å²) in [6.07, 6.45) is -1.66. The number of aromatic nitrogens is 3. The van der Waals surface area contributed by atoms with Crippen molar-refractivity contribution in [1.29, 1.82) is 0 Å². The van der Waals surface area contributed by atoms with Crippen LogP contribution in [0.4, 0.5) is 23.7 Å². The first kappa shape index (κ1) is 18.9. The number of aromatic amines is 2. The predicted octanol–water partition coefficient (Wildman–Crippen LogP) is 4.37. The van der Waals surface area contributed by atoms with Crippen molar-refractivity contribution >= 4 is 28.7 Å². The van der Waals surface area contributed by atoms with Crippen molar-refractivity contribution < 1.29 is 22.8 Å². The Kier molecular flexibility index (Phi) is 4.10. The van der Waals surface area contributed by atoms with Gasteiger partial charge in [0.1, 0.15) is 11.7 Å². The van der Waals surface area contributed by atoms with Gasteiger partial charge in [0.25, 0.3) is 5.91 Å². The summed E-state index contributed by atoms with van der Waals surface area (Å²) in [7, 11) is 0. The number of anilines is 1. The molecule has 5 rings (SSSR count). The van der Waals surface area contributed by atoms with E-state index in [0.29, 0.717) is 27.9 Å². The molecule has 1 fully saturated rings. The highest BCUT2D eigenvalue weighted by molar-refractivity contribution is 6.15. The number of rotatable bonds is 3. The molecule has 3 amide bonds. The summed E-state index contributed by atoms with van der Waals surface area (Å²) in [5.74, 6) is -0.485. The number of nitrogens with one attached hydrogen (secondary N) is 3. The van der Waals surface area contributed by atoms with Crippen LogP contribution in [0.1, 0.15) is 17.3 Å². The number of urea groups is 1. The number of carbonyl (C=O) groups is 2. The molecule has 1 aliphatic rings. The van der Waals surface area contributed by atoms with Gasteiger partial charge in [-0.25, -0.2) is 9.78 Å². The van der Waals surface area contributed by atoms with Gasteiger partial charge < -0.3 is 9.97 Å². The molecule has 2 aromatic carbocycles. The first-order valence-corrected chi connectivity index (χ1v) is 9.24. The summed E-state index contributed by atoms with van der Waals surface area (Å²) in [5.41, 5.74) is 2.54. The highest BCUT2D eigenvalue weighted by atomic mass is 19.4. The third-order valence-electron chi connectivity index (χ3n) is 5.19. The minimum absolute atomic E-state index is 0.367. The lowest BCUT2D eigenvalue weighted by atomic mass is 10.0. The largest absolute Gasteiger partial charge is 0.431 e. The normalized spacial score (nSPS) is 16.9. The standard InChI is InChI=1S/C21H14F3N5O2/c22-21(23,24)17-7-13(9-25-17)11-1-3-12(4-2-11)18-19(30)28-20(31)29(18)14-5-6-15-16(8-14)27-10-26-15/h1-10,18,25H,(H,26,27)(H,28,30,31). The molecule has 4 aromatic rings. The lowest BCUT2D eigenvalue weighted by Crippen LogP contribution is -2.29. The molecule has 31 heavy (non-hydrogen) atoms. The van der Waals surface area contributed by atoms with Gasteiger partial charge in [-0.2, -0.15) is 13.2 Å². The Bertz CT molecular complexity index is 1310. The van der Waals surface area contributed by atoms with Crippen LogP contribution in [-0.4, -0.2) is 26.9 Å². The number of carbonyl (C=O) groups excluding carboxylic acids is 2. The molecule has 3 N–H and O–H groups in total. The summed E-state index contributed by atoms with van der Waals surface area (Å²) in [4.78, 5) is 35.7. The van der Waals surface area contributed by atoms with Crippen molar-refractivity contribution in [2.45, 2.75) is 12.2 Å². The zero-order valence-electron chi connectivity index (χ0n) is 15.7. The number of imide groups is 1. The van der Waals surface area contributed by atoms with E-state index in [1.54, 1.807) is 42.5 Å². The van der Waals surface area contributed by atoms with Crippen molar-refractivity contribution in [3.8, 4) is 11.1 Å². The third-order valence-corrected chi connectivity index (χ3v) is 5.19. The number of alkyl halides is 3. The van der Waals surface area contributed by atoms with Gasteiger partial charge in [-0.15, -0.1) is 0 Å². The number of H-pyrrole nitrogens is 2. The van der Waals surface area contributed by atoms with E-state index in [1.807, 2.05) is 0 Å². The Labute approximate surface area is 172 Å². The molecule has 0 aliphatic carbocycles. The monoisotopic (exact) mass is 425 g/mol. The minimum Gasteiger partial charge on any atom is -0.357 e. The van der Waals surface area contributed by atoms with Crippen LogP contribution >= 0.6 is 0 Å². The lowest BCUT2D eigenvalue weighted by Gasteiger charge is -2.22. The lowest BCUT2D eigenvalue weighted by molar-refractivity contribution is -0.140. The number of amides is 3. The van der Waals surface area contributed by atoms with Gasteiger partial charge in [-0.3, -0.25) is 15.0 Å². The van der Waals surface area contributed by atoms with Crippen LogP contribution in [0, 0.1) is 0 Å².